The molecule has 0 bridgehead atoms. The van der Waals surface area contributed by atoms with Crippen molar-refractivity contribution in [2.24, 2.45) is 0 Å². The molecule has 0 saturated carbocycles. The summed E-state index contributed by atoms with van der Waals surface area (Å²) >= 11 is 0. The van der Waals surface area contributed by atoms with E-state index in [0.717, 1.165) is 0 Å². The van der Waals surface area contributed by atoms with Crippen LogP contribution in [0.1, 0.15) is 21.5 Å². The molecule has 1 N–H and O–H groups in total. The van der Waals surface area contributed by atoms with Gasteiger partial charge in [0.15, 0.2) is 17.3 Å². The summed E-state index contributed by atoms with van der Waals surface area (Å²) in [6, 6.07) is 14.5. The van der Waals surface area contributed by atoms with Gasteiger partial charge in [-0.25, -0.2) is 9.42 Å². The number of allylic oxidation sites excluding steroid dienone is 1. The van der Waals surface area contributed by atoms with Gasteiger partial charge >= 0.3 is 5.97 Å². The smallest absolute Gasteiger partial charge is 0.336 e. The number of Topliss-reactive ketones (excluding diaryl/α,β-unsaturated/α-hetero) is 1. The number of carbonyl (C=O) groups is 2. The van der Waals surface area contributed by atoms with Gasteiger partial charge in [0.05, 0.1) is 34.0 Å². The number of aliphatic carboxylic acids is 1. The second kappa shape index (κ2) is 10.8. The minimum atomic E-state index is -1.28. The van der Waals surface area contributed by atoms with Crippen molar-refractivity contribution in [3.05, 3.63) is 76.9 Å². The van der Waals surface area contributed by atoms with Crippen LogP contribution in [0.15, 0.2) is 64.8 Å². The number of ether oxygens (including phenoxy) is 4. The largest absolute Gasteiger partial charge is 0.497 e. The summed E-state index contributed by atoms with van der Waals surface area (Å²) in [6.07, 6.45) is -0.0433. The third-order valence-corrected chi connectivity index (χ3v) is 5.79. The highest BCUT2D eigenvalue weighted by Crippen LogP contribution is 2.39. The number of fused-ring (bicyclic) bond motifs is 1. The lowest BCUT2D eigenvalue weighted by Gasteiger charge is -2.16. The van der Waals surface area contributed by atoms with Crippen LogP contribution in [0.25, 0.3) is 16.6 Å². The number of carboxylic acids is 1. The second-order valence-corrected chi connectivity index (χ2v) is 7.89. The average Bonchev–Trinajstić information content (AvgIpc) is 3.39. The van der Waals surface area contributed by atoms with Gasteiger partial charge in [0.2, 0.25) is 5.75 Å². The number of methoxy groups -OCH3 is 4. The van der Waals surface area contributed by atoms with Gasteiger partial charge < -0.3 is 24.1 Å². The molecule has 0 aliphatic carbocycles. The van der Waals surface area contributed by atoms with Gasteiger partial charge in [0, 0.05) is 17.6 Å². The predicted octanol–water partition coefficient (Wildman–Crippen LogP) is 4.22. The van der Waals surface area contributed by atoms with E-state index in [1.54, 1.807) is 48.5 Å². The molecule has 0 radical (unpaired) electrons. The molecular weight excluding hydrogens is 480 g/mol. The van der Waals surface area contributed by atoms with Crippen molar-refractivity contribution in [3.8, 4) is 23.0 Å². The maximum absolute atomic E-state index is 13.8. The Morgan fingerprint density at radius 3 is 1.97 bits per heavy atom. The summed E-state index contributed by atoms with van der Waals surface area (Å²) in [6.45, 7) is 0. The fraction of sp³-hybridized carbons (Fsp3) is 0.185. The van der Waals surface area contributed by atoms with Gasteiger partial charge in [-0.1, -0.05) is 6.07 Å². The molecule has 0 fully saturated rings. The zero-order valence-corrected chi connectivity index (χ0v) is 20.6. The van der Waals surface area contributed by atoms with Crippen molar-refractivity contribution in [1.29, 1.82) is 0 Å². The van der Waals surface area contributed by atoms with Gasteiger partial charge in [-0.2, -0.15) is 0 Å². The van der Waals surface area contributed by atoms with Gasteiger partial charge in [-0.05, 0) is 70.0 Å². The van der Waals surface area contributed by atoms with Crippen molar-refractivity contribution in [2.75, 3.05) is 28.4 Å². The maximum Gasteiger partial charge on any atom is 0.336 e. The molecule has 0 aliphatic heterocycles. The third kappa shape index (κ3) is 5.08. The van der Waals surface area contributed by atoms with E-state index in [1.807, 2.05) is 0 Å². The number of hydrogen-bond donors (Lipinski definition) is 1. The molecule has 0 amide bonds. The van der Waals surface area contributed by atoms with Crippen LogP contribution < -0.4 is 18.9 Å². The number of aromatic nitrogens is 2. The number of ketones is 1. The standard InChI is InChI=1S/C27H24N2O8/c1-33-18-8-5-16(6-9-18)25(30)19(11-15-12-22(34-2)26(36-4)23(13-15)35-3)24(27(31)32)17-7-10-20-21(14-17)29-37-28-20/h5-10,12-14H,11H2,1-4H3,(H,31,32). The number of carbonyl (C=O) groups excluding carboxylic acids is 1. The molecule has 0 atom stereocenters. The van der Waals surface area contributed by atoms with Gasteiger partial charge in [-0.3, -0.25) is 4.79 Å². The van der Waals surface area contributed by atoms with Crippen molar-refractivity contribution in [2.45, 2.75) is 6.42 Å². The Balaban J connectivity index is 1.93. The van der Waals surface area contributed by atoms with Gasteiger partial charge in [0.25, 0.3) is 0 Å². The number of benzene rings is 3. The van der Waals surface area contributed by atoms with Crippen LogP contribution in [0.2, 0.25) is 0 Å². The fourth-order valence-corrected chi connectivity index (χ4v) is 4.00. The third-order valence-electron chi connectivity index (χ3n) is 5.79. The van der Waals surface area contributed by atoms with E-state index >= 15 is 0 Å². The molecule has 0 unspecified atom stereocenters. The van der Waals surface area contributed by atoms with E-state index in [1.165, 1.54) is 34.5 Å². The molecule has 0 saturated heterocycles. The highest BCUT2D eigenvalue weighted by molar-refractivity contribution is 6.26. The van der Waals surface area contributed by atoms with Crippen molar-refractivity contribution in [1.82, 2.24) is 10.3 Å². The van der Waals surface area contributed by atoms with Crippen LogP contribution in [0.3, 0.4) is 0 Å². The molecule has 10 heteroatoms. The minimum Gasteiger partial charge on any atom is -0.497 e. The minimum absolute atomic E-state index is 0.0433. The lowest BCUT2D eigenvalue weighted by atomic mass is 9.89. The Hall–Kier alpha value is -4.86. The monoisotopic (exact) mass is 504 g/mol. The number of hydrogen-bond acceptors (Lipinski definition) is 9. The van der Waals surface area contributed by atoms with Gasteiger partial charge in [0.1, 0.15) is 16.8 Å². The Bertz CT molecular complexity index is 1460. The summed E-state index contributed by atoms with van der Waals surface area (Å²) in [4.78, 5) is 26.4. The molecule has 37 heavy (non-hydrogen) atoms. The first-order valence-electron chi connectivity index (χ1n) is 11.1. The molecule has 4 aromatic rings. The highest BCUT2D eigenvalue weighted by atomic mass is 16.6. The molecule has 1 heterocycles. The zero-order chi connectivity index (χ0) is 26.5. The molecule has 10 nitrogen and oxygen atoms in total. The SMILES string of the molecule is COc1ccc(C(=O)C(Cc2cc(OC)c(OC)c(OC)c2)=C(C(=O)O)c2ccc3nonc3c2)cc1. The lowest BCUT2D eigenvalue weighted by Crippen LogP contribution is -2.14. The van der Waals surface area contributed by atoms with Crippen LogP contribution in [0.4, 0.5) is 0 Å². The van der Waals surface area contributed by atoms with Gasteiger partial charge in [-0.15, -0.1) is 0 Å². The molecule has 190 valence electrons. The molecule has 3 aromatic carbocycles. The fourth-order valence-electron chi connectivity index (χ4n) is 4.00. The van der Waals surface area contributed by atoms with Crippen molar-refractivity contribution >= 4 is 28.4 Å². The van der Waals surface area contributed by atoms with Crippen LogP contribution in [0, 0.1) is 0 Å². The Morgan fingerprint density at radius 1 is 0.784 bits per heavy atom. The second-order valence-electron chi connectivity index (χ2n) is 7.89. The molecule has 0 spiro atoms. The van der Waals surface area contributed by atoms with Crippen molar-refractivity contribution < 1.29 is 38.3 Å². The van der Waals surface area contributed by atoms with Crippen molar-refractivity contribution in [3.63, 3.8) is 0 Å². The normalized spacial score (nSPS) is 11.6. The topological polar surface area (TPSA) is 130 Å². The first kappa shape index (κ1) is 25.2. The summed E-state index contributed by atoms with van der Waals surface area (Å²) in [5, 5.41) is 17.9. The lowest BCUT2D eigenvalue weighted by molar-refractivity contribution is -0.130. The van der Waals surface area contributed by atoms with Crippen LogP contribution >= 0.6 is 0 Å². The molecule has 0 aliphatic rings. The molecule has 1 aromatic heterocycles. The first-order chi connectivity index (χ1) is 17.9. The Morgan fingerprint density at radius 2 is 1.41 bits per heavy atom. The number of rotatable bonds is 10. The van der Waals surface area contributed by atoms with E-state index in [9.17, 15) is 14.7 Å². The van der Waals surface area contributed by atoms with E-state index < -0.39 is 11.8 Å². The van der Waals surface area contributed by atoms with E-state index in [0.29, 0.717) is 45.2 Å². The Kier molecular flexibility index (Phi) is 7.38. The van der Waals surface area contributed by atoms with E-state index in [-0.39, 0.29) is 23.1 Å². The summed E-state index contributed by atoms with van der Waals surface area (Å²) in [5.74, 6) is -0.0511. The van der Waals surface area contributed by atoms with E-state index in [2.05, 4.69) is 10.3 Å². The molecule has 4 rings (SSSR count). The van der Waals surface area contributed by atoms with Crippen LogP contribution in [-0.2, 0) is 11.2 Å². The average molecular weight is 504 g/mol. The zero-order valence-electron chi connectivity index (χ0n) is 20.6. The Labute approximate surface area is 212 Å². The summed E-state index contributed by atoms with van der Waals surface area (Å²) in [5.41, 5.74) is 1.84. The maximum atomic E-state index is 13.8. The first-order valence-corrected chi connectivity index (χ1v) is 11.1. The summed E-state index contributed by atoms with van der Waals surface area (Å²) in [7, 11) is 5.95. The molecular formula is C27H24N2O8. The highest BCUT2D eigenvalue weighted by Gasteiger charge is 2.26. The predicted molar refractivity (Wildman–Crippen MR) is 133 cm³/mol. The number of carboxylic acid groups (broad SMARTS) is 1. The van der Waals surface area contributed by atoms with E-state index in [4.69, 9.17) is 23.6 Å². The number of nitrogens with zero attached hydrogens (tertiary/aromatic N) is 2. The quantitative estimate of drug-likeness (QED) is 0.247. The summed E-state index contributed by atoms with van der Waals surface area (Å²) < 4.78 is 26.2. The van der Waals surface area contributed by atoms with Crippen LogP contribution in [0.5, 0.6) is 23.0 Å². The van der Waals surface area contributed by atoms with Crippen LogP contribution in [-0.4, -0.2) is 55.6 Å².